The van der Waals surface area contributed by atoms with Gasteiger partial charge in [-0.05, 0) is 38.5 Å². The van der Waals surface area contributed by atoms with Gasteiger partial charge in [0, 0.05) is 6.04 Å². The van der Waals surface area contributed by atoms with E-state index >= 15 is 0 Å². The molecule has 2 N–H and O–H groups in total. The van der Waals surface area contributed by atoms with Crippen molar-refractivity contribution in [3.63, 3.8) is 0 Å². The molecule has 1 unspecified atom stereocenters. The molecule has 0 spiro atoms. The molecule has 2 rings (SSSR count). The number of hydrogen-bond donors (Lipinski definition) is 1. The van der Waals surface area contributed by atoms with E-state index in [1.54, 1.807) is 0 Å². The van der Waals surface area contributed by atoms with E-state index in [4.69, 9.17) is 5.73 Å². The maximum absolute atomic E-state index is 5.86. The molecule has 0 fully saturated rings. The maximum atomic E-state index is 5.86. The number of hydrogen-bond acceptors (Lipinski definition) is 3. The molecule has 2 aromatic rings. The minimum atomic E-state index is 0.0323. The first-order valence-corrected chi connectivity index (χ1v) is 5.34. The summed E-state index contributed by atoms with van der Waals surface area (Å²) >= 11 is 0. The van der Waals surface area contributed by atoms with Gasteiger partial charge in [-0.25, -0.2) is 9.67 Å². The van der Waals surface area contributed by atoms with Crippen molar-refractivity contribution < 1.29 is 0 Å². The van der Waals surface area contributed by atoms with Crippen LogP contribution in [-0.4, -0.2) is 14.8 Å². The van der Waals surface area contributed by atoms with Gasteiger partial charge in [-0.2, -0.15) is 5.10 Å². The molecule has 4 nitrogen and oxygen atoms in total. The summed E-state index contributed by atoms with van der Waals surface area (Å²) in [5, 5.41) is 4.35. The maximum Gasteiger partial charge on any atom is 0.148 e. The summed E-state index contributed by atoms with van der Waals surface area (Å²) in [6, 6.07) is 8.10. The van der Waals surface area contributed by atoms with E-state index in [9.17, 15) is 0 Å². The lowest BCUT2D eigenvalue weighted by Crippen LogP contribution is -2.06. The second-order valence-corrected chi connectivity index (χ2v) is 4.00. The van der Waals surface area contributed by atoms with Gasteiger partial charge in [0.1, 0.15) is 11.6 Å². The third-order valence-corrected chi connectivity index (χ3v) is 2.52. The van der Waals surface area contributed by atoms with Crippen LogP contribution in [-0.2, 0) is 0 Å². The minimum absolute atomic E-state index is 0.0323. The number of nitrogens with zero attached hydrogens (tertiary/aromatic N) is 3. The van der Waals surface area contributed by atoms with E-state index < -0.39 is 0 Å². The Hall–Kier alpha value is -1.68. The highest BCUT2D eigenvalue weighted by Crippen LogP contribution is 2.15. The standard InChI is InChI=1S/C12H16N4/c1-8(13)11-5-4-6-12(7-11)16-10(3)14-9(2)15-16/h4-8H,13H2,1-3H3. The molecule has 1 aromatic heterocycles. The lowest BCUT2D eigenvalue weighted by Gasteiger charge is -2.08. The summed E-state index contributed by atoms with van der Waals surface area (Å²) < 4.78 is 1.83. The Balaban J connectivity index is 2.48. The van der Waals surface area contributed by atoms with Crippen molar-refractivity contribution in [1.82, 2.24) is 14.8 Å². The molecular weight excluding hydrogens is 200 g/mol. The Morgan fingerprint density at radius 1 is 1.31 bits per heavy atom. The zero-order valence-corrected chi connectivity index (χ0v) is 9.81. The first kappa shape index (κ1) is 10.8. The summed E-state index contributed by atoms with van der Waals surface area (Å²) in [4.78, 5) is 4.28. The van der Waals surface area contributed by atoms with Crippen molar-refractivity contribution in [2.24, 2.45) is 5.73 Å². The van der Waals surface area contributed by atoms with Gasteiger partial charge in [-0.3, -0.25) is 0 Å². The lowest BCUT2D eigenvalue weighted by molar-refractivity contribution is 0.799. The molecule has 0 aliphatic heterocycles. The molecule has 4 heteroatoms. The van der Waals surface area contributed by atoms with Gasteiger partial charge >= 0.3 is 0 Å². The van der Waals surface area contributed by atoms with Crippen LogP contribution in [0.4, 0.5) is 0 Å². The second kappa shape index (κ2) is 4.06. The Bertz CT molecular complexity index is 499. The summed E-state index contributed by atoms with van der Waals surface area (Å²) in [5.74, 6) is 1.67. The van der Waals surface area contributed by atoms with Gasteiger partial charge in [0.2, 0.25) is 0 Å². The fraction of sp³-hybridized carbons (Fsp3) is 0.333. The van der Waals surface area contributed by atoms with Gasteiger partial charge in [0.25, 0.3) is 0 Å². The van der Waals surface area contributed by atoms with E-state index in [0.717, 1.165) is 22.9 Å². The highest BCUT2D eigenvalue weighted by atomic mass is 15.3. The smallest absolute Gasteiger partial charge is 0.148 e. The largest absolute Gasteiger partial charge is 0.324 e. The molecule has 1 aromatic carbocycles. The number of aryl methyl sites for hydroxylation is 2. The SMILES string of the molecule is Cc1nc(C)n(-c2cccc(C(C)N)c2)n1. The van der Waals surface area contributed by atoms with Crippen molar-refractivity contribution in [1.29, 1.82) is 0 Å². The summed E-state index contributed by atoms with van der Waals surface area (Å²) in [7, 11) is 0. The molecule has 1 atom stereocenters. The number of benzene rings is 1. The Morgan fingerprint density at radius 3 is 2.62 bits per heavy atom. The van der Waals surface area contributed by atoms with E-state index in [1.807, 2.05) is 49.7 Å². The fourth-order valence-corrected chi connectivity index (χ4v) is 1.71. The second-order valence-electron chi connectivity index (χ2n) is 4.00. The van der Waals surface area contributed by atoms with Gasteiger partial charge in [0.05, 0.1) is 5.69 Å². The average Bonchev–Trinajstić information content (AvgIpc) is 2.58. The topological polar surface area (TPSA) is 56.7 Å². The van der Waals surface area contributed by atoms with E-state index in [0.29, 0.717) is 0 Å². The zero-order chi connectivity index (χ0) is 11.7. The van der Waals surface area contributed by atoms with E-state index in [2.05, 4.69) is 10.1 Å². The monoisotopic (exact) mass is 216 g/mol. The number of rotatable bonds is 2. The lowest BCUT2D eigenvalue weighted by atomic mass is 10.1. The quantitative estimate of drug-likeness (QED) is 0.834. The van der Waals surface area contributed by atoms with E-state index in [-0.39, 0.29) is 6.04 Å². The predicted molar refractivity (Wildman–Crippen MR) is 63.4 cm³/mol. The first-order valence-electron chi connectivity index (χ1n) is 5.34. The van der Waals surface area contributed by atoms with Crippen LogP contribution in [0.15, 0.2) is 24.3 Å². The highest BCUT2D eigenvalue weighted by molar-refractivity contribution is 5.36. The molecule has 1 heterocycles. The molecule has 84 valence electrons. The van der Waals surface area contributed by atoms with Crippen molar-refractivity contribution in [3.05, 3.63) is 41.5 Å². The van der Waals surface area contributed by atoms with Crippen molar-refractivity contribution >= 4 is 0 Å². The Labute approximate surface area is 95.1 Å². The third kappa shape index (κ3) is 1.97. The van der Waals surface area contributed by atoms with Crippen LogP contribution < -0.4 is 5.73 Å². The van der Waals surface area contributed by atoms with Crippen LogP contribution >= 0.6 is 0 Å². The Kier molecular flexibility index (Phi) is 2.75. The minimum Gasteiger partial charge on any atom is -0.324 e. The van der Waals surface area contributed by atoms with Crippen molar-refractivity contribution in [3.8, 4) is 5.69 Å². The zero-order valence-electron chi connectivity index (χ0n) is 9.81. The number of nitrogens with two attached hydrogens (primary N) is 1. The average molecular weight is 216 g/mol. The summed E-state index contributed by atoms with van der Waals surface area (Å²) in [6.07, 6.45) is 0. The van der Waals surface area contributed by atoms with Gasteiger partial charge < -0.3 is 5.73 Å². The molecular formula is C12H16N4. The van der Waals surface area contributed by atoms with Gasteiger partial charge in [-0.15, -0.1) is 0 Å². The molecule has 0 bridgehead atoms. The van der Waals surface area contributed by atoms with Crippen LogP contribution in [0.3, 0.4) is 0 Å². The first-order chi connectivity index (χ1) is 7.58. The van der Waals surface area contributed by atoms with Crippen molar-refractivity contribution in [2.45, 2.75) is 26.8 Å². The fourth-order valence-electron chi connectivity index (χ4n) is 1.71. The van der Waals surface area contributed by atoms with E-state index in [1.165, 1.54) is 0 Å². The molecule has 0 radical (unpaired) electrons. The predicted octanol–water partition coefficient (Wildman–Crippen LogP) is 1.90. The van der Waals surface area contributed by atoms with Crippen molar-refractivity contribution in [2.75, 3.05) is 0 Å². The van der Waals surface area contributed by atoms with Gasteiger partial charge in [0.15, 0.2) is 0 Å². The van der Waals surface area contributed by atoms with Crippen LogP contribution in [0.5, 0.6) is 0 Å². The molecule has 0 saturated heterocycles. The van der Waals surface area contributed by atoms with Crippen LogP contribution in [0.25, 0.3) is 5.69 Å². The molecule has 0 aliphatic carbocycles. The number of aromatic nitrogens is 3. The van der Waals surface area contributed by atoms with Crippen LogP contribution in [0.2, 0.25) is 0 Å². The summed E-state index contributed by atoms with van der Waals surface area (Å²) in [5.41, 5.74) is 7.97. The summed E-state index contributed by atoms with van der Waals surface area (Å²) in [6.45, 7) is 5.80. The molecule has 0 aliphatic rings. The normalized spacial score (nSPS) is 12.8. The molecule has 0 saturated carbocycles. The molecule has 0 amide bonds. The molecule has 16 heavy (non-hydrogen) atoms. The van der Waals surface area contributed by atoms with Crippen LogP contribution in [0, 0.1) is 13.8 Å². The van der Waals surface area contributed by atoms with Crippen LogP contribution in [0.1, 0.15) is 30.2 Å². The third-order valence-electron chi connectivity index (χ3n) is 2.52. The highest BCUT2D eigenvalue weighted by Gasteiger charge is 2.06. The Morgan fingerprint density at radius 2 is 2.06 bits per heavy atom. The van der Waals surface area contributed by atoms with Gasteiger partial charge in [-0.1, -0.05) is 12.1 Å².